The van der Waals surface area contributed by atoms with E-state index in [9.17, 15) is 17.6 Å². The monoisotopic (exact) mass is 446 g/mol. The number of anilines is 2. The number of rotatable bonds is 4. The third-order valence-corrected chi connectivity index (χ3v) is 6.55. The van der Waals surface area contributed by atoms with Crippen LogP contribution < -0.4 is 14.4 Å². The zero-order valence-electron chi connectivity index (χ0n) is 15.5. The van der Waals surface area contributed by atoms with Crippen molar-refractivity contribution in [1.29, 1.82) is 0 Å². The minimum absolute atomic E-state index is 0.0792. The summed E-state index contributed by atoms with van der Waals surface area (Å²) >= 11 is 6.07. The second-order valence-electron chi connectivity index (χ2n) is 6.56. The Morgan fingerprint density at radius 2 is 1.77 bits per heavy atom. The van der Waals surface area contributed by atoms with Gasteiger partial charge < -0.3 is 10.1 Å². The summed E-state index contributed by atoms with van der Waals surface area (Å²) < 4.78 is 46.5. The molecule has 1 N–H and O–H groups in total. The Kier molecular flexibility index (Phi) is 5.36. The first-order chi connectivity index (χ1) is 14.3. The topological polar surface area (TPSA) is 75.7 Å². The molecule has 0 aromatic heterocycles. The van der Waals surface area contributed by atoms with Gasteiger partial charge in [-0.25, -0.2) is 12.8 Å². The lowest BCUT2D eigenvalue weighted by Crippen LogP contribution is -2.48. The van der Waals surface area contributed by atoms with E-state index in [2.05, 4.69) is 5.32 Å². The fourth-order valence-electron chi connectivity index (χ4n) is 3.06. The molecule has 3 aromatic rings. The first-order valence-electron chi connectivity index (χ1n) is 8.95. The van der Waals surface area contributed by atoms with Gasteiger partial charge in [-0.1, -0.05) is 29.8 Å². The van der Waals surface area contributed by atoms with Crippen molar-refractivity contribution in [2.75, 3.05) is 16.2 Å². The lowest BCUT2D eigenvalue weighted by molar-refractivity contribution is -0.122. The van der Waals surface area contributed by atoms with Gasteiger partial charge in [0, 0.05) is 10.7 Å². The van der Waals surface area contributed by atoms with Gasteiger partial charge in [0.05, 0.1) is 17.1 Å². The van der Waals surface area contributed by atoms with Crippen molar-refractivity contribution in [2.24, 2.45) is 0 Å². The molecule has 6 nitrogen and oxygen atoms in total. The Morgan fingerprint density at radius 3 is 2.47 bits per heavy atom. The molecule has 1 amide bonds. The number of ether oxygens (including phenoxy) is 1. The van der Waals surface area contributed by atoms with Crippen LogP contribution >= 0.6 is 11.6 Å². The molecule has 0 saturated heterocycles. The van der Waals surface area contributed by atoms with Crippen LogP contribution in [-0.4, -0.2) is 27.0 Å². The Labute approximate surface area is 177 Å². The van der Waals surface area contributed by atoms with Crippen LogP contribution in [0.5, 0.6) is 5.75 Å². The van der Waals surface area contributed by atoms with Gasteiger partial charge in [-0.15, -0.1) is 0 Å². The van der Waals surface area contributed by atoms with Crippen LogP contribution in [-0.2, 0) is 14.8 Å². The Morgan fingerprint density at radius 1 is 1.07 bits per heavy atom. The van der Waals surface area contributed by atoms with Gasteiger partial charge in [0.15, 0.2) is 6.10 Å². The zero-order valence-corrected chi connectivity index (χ0v) is 17.0. The summed E-state index contributed by atoms with van der Waals surface area (Å²) in [5.41, 5.74) is 0.613. The molecule has 3 aromatic carbocycles. The van der Waals surface area contributed by atoms with Gasteiger partial charge in [0.25, 0.3) is 15.9 Å². The van der Waals surface area contributed by atoms with Gasteiger partial charge in [-0.2, -0.15) is 0 Å². The zero-order chi connectivity index (χ0) is 21.3. The van der Waals surface area contributed by atoms with Gasteiger partial charge in [0.1, 0.15) is 11.6 Å². The molecule has 1 unspecified atom stereocenters. The molecule has 1 aliphatic rings. The molecular formula is C21H16ClFN2O4S. The number of nitrogens with zero attached hydrogens (tertiary/aromatic N) is 1. The second-order valence-corrected chi connectivity index (χ2v) is 8.86. The molecule has 0 bridgehead atoms. The summed E-state index contributed by atoms with van der Waals surface area (Å²) in [4.78, 5) is 12.8. The maximum Gasteiger partial charge on any atom is 0.267 e. The van der Waals surface area contributed by atoms with Gasteiger partial charge in [0.2, 0.25) is 0 Å². The number of benzene rings is 3. The van der Waals surface area contributed by atoms with Crippen molar-refractivity contribution in [3.05, 3.63) is 83.6 Å². The smallest absolute Gasteiger partial charge is 0.267 e. The number of carbonyl (C=O) groups is 1. The van der Waals surface area contributed by atoms with E-state index in [-0.39, 0.29) is 22.9 Å². The minimum atomic E-state index is -3.97. The van der Waals surface area contributed by atoms with Crippen molar-refractivity contribution < 1.29 is 22.3 Å². The highest BCUT2D eigenvalue weighted by molar-refractivity contribution is 7.92. The van der Waals surface area contributed by atoms with Crippen molar-refractivity contribution >= 4 is 38.9 Å². The van der Waals surface area contributed by atoms with E-state index in [4.69, 9.17) is 16.3 Å². The molecule has 0 fully saturated rings. The molecule has 0 saturated carbocycles. The molecule has 1 aliphatic heterocycles. The van der Waals surface area contributed by atoms with E-state index in [0.29, 0.717) is 10.7 Å². The maximum absolute atomic E-state index is 13.3. The van der Waals surface area contributed by atoms with E-state index in [1.165, 1.54) is 48.5 Å². The van der Waals surface area contributed by atoms with Crippen LogP contribution in [0.25, 0.3) is 0 Å². The molecule has 9 heteroatoms. The van der Waals surface area contributed by atoms with E-state index in [1.54, 1.807) is 24.3 Å². The lowest BCUT2D eigenvalue weighted by atomic mass is 10.2. The average molecular weight is 447 g/mol. The third-order valence-electron chi connectivity index (χ3n) is 4.53. The Bertz CT molecular complexity index is 1190. The number of hydrogen-bond donors (Lipinski definition) is 1. The molecule has 4 rings (SSSR count). The highest BCUT2D eigenvalue weighted by Gasteiger charge is 2.37. The quantitative estimate of drug-likeness (QED) is 0.655. The van der Waals surface area contributed by atoms with Crippen molar-refractivity contribution in [3.63, 3.8) is 0 Å². The second kappa shape index (κ2) is 7.97. The summed E-state index contributed by atoms with van der Waals surface area (Å²) in [5.74, 6) is -0.785. The summed E-state index contributed by atoms with van der Waals surface area (Å²) in [6.45, 7) is -0.252. The predicted octanol–water partition coefficient (Wildman–Crippen LogP) is 4.07. The number of carbonyl (C=O) groups excluding carboxylic acids is 1. The third kappa shape index (κ3) is 3.96. The number of sulfonamides is 1. The van der Waals surface area contributed by atoms with Crippen molar-refractivity contribution in [3.8, 4) is 5.75 Å². The van der Waals surface area contributed by atoms with Crippen LogP contribution in [0.15, 0.2) is 77.7 Å². The van der Waals surface area contributed by atoms with Crippen molar-refractivity contribution in [1.82, 2.24) is 0 Å². The summed E-state index contributed by atoms with van der Waals surface area (Å²) in [5, 5.41) is 2.95. The molecular weight excluding hydrogens is 431 g/mol. The molecule has 0 aliphatic carbocycles. The van der Waals surface area contributed by atoms with E-state index in [1.807, 2.05) is 0 Å². The average Bonchev–Trinajstić information content (AvgIpc) is 2.75. The number of fused-ring (bicyclic) bond motifs is 1. The standard InChI is InChI=1S/C21H16ClFN2O4S/c22-14-6-11-19-18(12-14)25(30(27,28)17-4-2-1-3-5-17)13-20(29-19)21(26)24-16-9-7-15(23)8-10-16/h1-12,20H,13H2,(H,24,26). The van der Waals surface area contributed by atoms with Gasteiger partial charge >= 0.3 is 0 Å². The normalized spacial score (nSPS) is 15.8. The molecule has 1 atom stereocenters. The van der Waals surface area contributed by atoms with E-state index in [0.717, 1.165) is 4.31 Å². The molecule has 0 spiro atoms. The summed E-state index contributed by atoms with van der Waals surface area (Å²) in [6, 6.07) is 17.7. The van der Waals surface area contributed by atoms with Crippen LogP contribution in [0.3, 0.4) is 0 Å². The predicted molar refractivity (Wildman–Crippen MR) is 112 cm³/mol. The van der Waals surface area contributed by atoms with Crippen molar-refractivity contribution in [2.45, 2.75) is 11.0 Å². The Hall–Kier alpha value is -3.10. The van der Waals surface area contributed by atoms with E-state index >= 15 is 0 Å². The van der Waals surface area contributed by atoms with Crippen LogP contribution in [0.1, 0.15) is 0 Å². The molecule has 30 heavy (non-hydrogen) atoms. The largest absolute Gasteiger partial charge is 0.476 e. The fraction of sp³-hybridized carbons (Fsp3) is 0.0952. The maximum atomic E-state index is 13.3. The highest BCUT2D eigenvalue weighted by atomic mass is 35.5. The fourth-order valence-corrected chi connectivity index (χ4v) is 4.72. The molecule has 0 radical (unpaired) electrons. The minimum Gasteiger partial charge on any atom is -0.476 e. The molecule has 154 valence electrons. The first kappa shape index (κ1) is 20.2. The first-order valence-corrected chi connectivity index (χ1v) is 10.8. The van der Waals surface area contributed by atoms with E-state index < -0.39 is 27.9 Å². The molecule has 1 heterocycles. The summed E-state index contributed by atoms with van der Waals surface area (Å²) in [7, 11) is -3.97. The number of hydrogen-bond acceptors (Lipinski definition) is 4. The van der Waals surface area contributed by atoms with Crippen LogP contribution in [0.4, 0.5) is 15.8 Å². The lowest BCUT2D eigenvalue weighted by Gasteiger charge is -2.34. The van der Waals surface area contributed by atoms with Gasteiger partial charge in [-0.3, -0.25) is 9.10 Å². The summed E-state index contributed by atoms with van der Waals surface area (Å²) in [6.07, 6.45) is -1.12. The van der Waals surface area contributed by atoms with Crippen LogP contribution in [0, 0.1) is 5.82 Å². The Balaban J connectivity index is 1.68. The number of nitrogens with one attached hydrogen (secondary N) is 1. The number of halogens is 2. The highest BCUT2D eigenvalue weighted by Crippen LogP contribution is 2.39. The SMILES string of the molecule is O=C(Nc1ccc(F)cc1)C1CN(S(=O)(=O)c2ccccc2)c2cc(Cl)ccc2O1. The van der Waals surface area contributed by atoms with Crippen LogP contribution in [0.2, 0.25) is 5.02 Å². The number of amides is 1. The van der Waals surface area contributed by atoms with Gasteiger partial charge in [-0.05, 0) is 54.6 Å².